The summed E-state index contributed by atoms with van der Waals surface area (Å²) in [6, 6.07) is 1.88. The van der Waals surface area contributed by atoms with Crippen molar-refractivity contribution in [1.82, 2.24) is 15.2 Å². The minimum atomic E-state index is 0.734. The van der Waals surface area contributed by atoms with Crippen molar-refractivity contribution in [2.45, 2.75) is 0 Å². The second-order valence-electron chi connectivity index (χ2n) is 2.00. The fraction of sp³-hybridized carbons (Fsp3) is 0. The van der Waals surface area contributed by atoms with Crippen molar-refractivity contribution in [2.24, 2.45) is 0 Å². The normalized spacial score (nSPS) is 10.4. The molecular weight excluding hydrogens is 146 g/mol. The van der Waals surface area contributed by atoms with E-state index in [1.165, 1.54) is 0 Å². The van der Waals surface area contributed by atoms with Gasteiger partial charge in [-0.1, -0.05) is 12.2 Å². The van der Waals surface area contributed by atoms with Crippen LogP contribution in [0.15, 0.2) is 18.5 Å². The van der Waals surface area contributed by atoms with Crippen molar-refractivity contribution in [3.8, 4) is 0 Å². The fourth-order valence-electron chi connectivity index (χ4n) is 0.884. The van der Waals surface area contributed by atoms with E-state index in [4.69, 9.17) is 12.2 Å². The lowest BCUT2D eigenvalue weighted by Crippen LogP contribution is -1.69. The number of pyridine rings is 1. The average Bonchev–Trinajstić information content (AvgIpc) is 2.34. The van der Waals surface area contributed by atoms with Crippen LogP contribution in [0.2, 0.25) is 0 Å². The van der Waals surface area contributed by atoms with Gasteiger partial charge >= 0.3 is 0 Å². The largest absolute Gasteiger partial charge is 0.298 e. The molecule has 0 aliphatic rings. The first-order valence-corrected chi connectivity index (χ1v) is 3.29. The van der Waals surface area contributed by atoms with Crippen molar-refractivity contribution in [3.63, 3.8) is 0 Å². The zero-order chi connectivity index (χ0) is 6.97. The fourth-order valence-corrected chi connectivity index (χ4v) is 1.11. The van der Waals surface area contributed by atoms with Crippen LogP contribution in [0.4, 0.5) is 0 Å². The minimum Gasteiger partial charge on any atom is -0.298 e. The van der Waals surface area contributed by atoms with Crippen molar-refractivity contribution in [2.75, 3.05) is 0 Å². The van der Waals surface area contributed by atoms with E-state index in [9.17, 15) is 0 Å². The van der Waals surface area contributed by atoms with Crippen molar-refractivity contribution in [3.05, 3.63) is 23.1 Å². The maximum Gasteiger partial charge on any atom is 0.127 e. The second-order valence-corrected chi connectivity index (χ2v) is 2.41. The molecule has 0 aromatic carbocycles. The zero-order valence-corrected chi connectivity index (χ0v) is 5.90. The Morgan fingerprint density at radius 2 is 2.30 bits per heavy atom. The van der Waals surface area contributed by atoms with Crippen LogP contribution in [-0.4, -0.2) is 15.2 Å². The summed E-state index contributed by atoms with van der Waals surface area (Å²) in [6.45, 7) is 0. The summed E-state index contributed by atoms with van der Waals surface area (Å²) >= 11 is 4.97. The van der Waals surface area contributed by atoms with E-state index in [1.807, 2.05) is 6.07 Å². The second kappa shape index (κ2) is 1.91. The summed E-state index contributed by atoms with van der Waals surface area (Å²) < 4.78 is 0.734. The summed E-state index contributed by atoms with van der Waals surface area (Å²) in [5.41, 5.74) is 0.951. The first-order valence-electron chi connectivity index (χ1n) is 2.88. The Hall–Kier alpha value is -1.16. The van der Waals surface area contributed by atoms with Gasteiger partial charge in [0.2, 0.25) is 0 Å². The highest BCUT2D eigenvalue weighted by atomic mass is 32.1. The Morgan fingerprint density at radius 1 is 1.40 bits per heavy atom. The van der Waals surface area contributed by atoms with E-state index in [2.05, 4.69) is 15.2 Å². The third-order valence-electron chi connectivity index (χ3n) is 1.38. The van der Waals surface area contributed by atoms with Gasteiger partial charge in [0.05, 0.1) is 11.7 Å². The molecule has 0 unspecified atom stereocenters. The molecular formula is C6H5N3S. The summed E-state index contributed by atoms with van der Waals surface area (Å²) in [6.07, 6.45) is 3.46. The van der Waals surface area contributed by atoms with Crippen LogP contribution < -0.4 is 0 Å². The summed E-state index contributed by atoms with van der Waals surface area (Å²) in [5, 5.41) is 6.74. The highest BCUT2D eigenvalue weighted by molar-refractivity contribution is 7.71. The first kappa shape index (κ1) is 5.61. The predicted molar refractivity (Wildman–Crippen MR) is 41.3 cm³/mol. The third-order valence-corrected chi connectivity index (χ3v) is 1.70. The lowest BCUT2D eigenvalue weighted by atomic mass is 10.3. The maximum absolute atomic E-state index is 4.97. The predicted octanol–water partition coefficient (Wildman–Crippen LogP) is 1.62. The standard InChI is InChI=1S/C6H5N3S/c10-6-4-1-2-7-3-5(4)8-9-6/h1-3H,(H2,8,9,10). The number of hydrogen-bond acceptors (Lipinski definition) is 2. The number of nitrogens with zero attached hydrogens (tertiary/aromatic N) is 1. The Kier molecular flexibility index (Phi) is 1.07. The minimum absolute atomic E-state index is 0.734. The van der Waals surface area contributed by atoms with E-state index in [0.717, 1.165) is 15.5 Å². The molecule has 50 valence electrons. The van der Waals surface area contributed by atoms with Crippen LogP contribution in [0.3, 0.4) is 0 Å². The molecule has 0 saturated carbocycles. The molecule has 10 heavy (non-hydrogen) atoms. The number of fused-ring (bicyclic) bond motifs is 1. The molecule has 0 amide bonds. The van der Waals surface area contributed by atoms with Gasteiger partial charge in [0.25, 0.3) is 0 Å². The highest BCUT2D eigenvalue weighted by Gasteiger charge is 1.92. The Bertz CT molecular complexity index is 400. The molecule has 3 nitrogen and oxygen atoms in total. The quantitative estimate of drug-likeness (QED) is 0.562. The van der Waals surface area contributed by atoms with E-state index in [-0.39, 0.29) is 0 Å². The molecule has 2 rings (SSSR count). The van der Waals surface area contributed by atoms with Crippen LogP contribution >= 0.6 is 12.2 Å². The third kappa shape index (κ3) is 0.657. The molecule has 2 aromatic heterocycles. The Labute approximate surface area is 62.1 Å². The molecule has 0 fully saturated rings. The van der Waals surface area contributed by atoms with Crippen LogP contribution in [0, 0.1) is 4.64 Å². The summed E-state index contributed by atoms with van der Waals surface area (Å²) in [4.78, 5) is 3.93. The van der Waals surface area contributed by atoms with Crippen molar-refractivity contribution >= 4 is 23.1 Å². The number of rotatable bonds is 0. The zero-order valence-electron chi connectivity index (χ0n) is 5.09. The molecule has 2 aromatic rings. The van der Waals surface area contributed by atoms with Gasteiger partial charge < -0.3 is 0 Å². The molecule has 0 radical (unpaired) electrons. The van der Waals surface area contributed by atoms with Gasteiger partial charge in [-0.3, -0.25) is 15.2 Å². The van der Waals surface area contributed by atoms with Gasteiger partial charge in [0, 0.05) is 11.6 Å². The van der Waals surface area contributed by atoms with Crippen LogP contribution in [0.1, 0.15) is 0 Å². The van der Waals surface area contributed by atoms with E-state index >= 15 is 0 Å². The number of hydrogen-bond donors (Lipinski definition) is 2. The number of aromatic nitrogens is 3. The number of aromatic amines is 2. The van der Waals surface area contributed by atoms with Gasteiger partial charge in [-0.2, -0.15) is 0 Å². The molecule has 0 saturated heterocycles. The van der Waals surface area contributed by atoms with E-state index in [1.54, 1.807) is 12.4 Å². The lowest BCUT2D eigenvalue weighted by Gasteiger charge is -1.81. The number of H-pyrrole nitrogens is 2. The van der Waals surface area contributed by atoms with Crippen LogP contribution in [-0.2, 0) is 0 Å². The highest BCUT2D eigenvalue weighted by Crippen LogP contribution is 2.08. The van der Waals surface area contributed by atoms with Gasteiger partial charge in [-0.05, 0) is 6.07 Å². The van der Waals surface area contributed by atoms with Crippen LogP contribution in [0.5, 0.6) is 0 Å². The molecule has 4 heteroatoms. The molecule has 2 heterocycles. The summed E-state index contributed by atoms with van der Waals surface area (Å²) in [5.74, 6) is 0. The molecule has 0 bridgehead atoms. The van der Waals surface area contributed by atoms with Crippen molar-refractivity contribution < 1.29 is 0 Å². The average molecular weight is 151 g/mol. The molecule has 0 aliphatic carbocycles. The first-order chi connectivity index (χ1) is 4.88. The van der Waals surface area contributed by atoms with Gasteiger partial charge in [-0.25, -0.2) is 0 Å². The van der Waals surface area contributed by atoms with E-state index in [0.29, 0.717) is 0 Å². The lowest BCUT2D eigenvalue weighted by molar-refractivity contribution is 1.10. The monoisotopic (exact) mass is 151 g/mol. The molecule has 0 spiro atoms. The van der Waals surface area contributed by atoms with Gasteiger partial charge in [0.1, 0.15) is 4.64 Å². The van der Waals surface area contributed by atoms with Crippen molar-refractivity contribution in [1.29, 1.82) is 0 Å². The molecule has 0 aliphatic heterocycles. The SMILES string of the molecule is S=c1[nH][nH]c2cnccc12. The van der Waals surface area contributed by atoms with Crippen LogP contribution in [0.25, 0.3) is 10.9 Å². The van der Waals surface area contributed by atoms with Gasteiger partial charge in [0.15, 0.2) is 0 Å². The maximum atomic E-state index is 4.97. The topological polar surface area (TPSA) is 44.5 Å². The Balaban J connectivity index is 3.07. The van der Waals surface area contributed by atoms with Gasteiger partial charge in [-0.15, -0.1) is 0 Å². The number of nitrogens with one attached hydrogen (secondary N) is 2. The smallest absolute Gasteiger partial charge is 0.127 e. The molecule has 0 atom stereocenters. The molecule has 2 N–H and O–H groups in total. The van der Waals surface area contributed by atoms with E-state index < -0.39 is 0 Å². The Morgan fingerprint density at radius 3 is 3.10 bits per heavy atom. The summed E-state index contributed by atoms with van der Waals surface area (Å²) in [7, 11) is 0.